The van der Waals surface area contributed by atoms with Gasteiger partial charge in [-0.1, -0.05) is 38.9 Å². The van der Waals surface area contributed by atoms with Gasteiger partial charge >= 0.3 is 0 Å². The van der Waals surface area contributed by atoms with E-state index in [2.05, 4.69) is 28.9 Å². The average molecular weight is 292 g/mol. The Morgan fingerprint density at radius 1 is 1.10 bits per heavy atom. The van der Waals surface area contributed by atoms with Gasteiger partial charge in [-0.15, -0.1) is 5.10 Å². The van der Waals surface area contributed by atoms with Crippen LogP contribution in [0.3, 0.4) is 0 Å². The number of hydrogen-bond acceptors (Lipinski definition) is 4. The van der Waals surface area contributed by atoms with E-state index >= 15 is 0 Å². The Kier molecular flexibility index (Phi) is 5.29. The standard InChI is InChI=1S/C15H24N4S/c1-3-11-12(4-2)17-18-15(13(11)14(16)20)19-9-7-5-6-8-10-19/h3-10H2,1-2H3,(H2,16,20). The van der Waals surface area contributed by atoms with E-state index in [1.54, 1.807) is 0 Å². The molecule has 0 aliphatic carbocycles. The maximum atomic E-state index is 6.00. The molecule has 110 valence electrons. The summed E-state index contributed by atoms with van der Waals surface area (Å²) in [6.07, 6.45) is 6.75. The van der Waals surface area contributed by atoms with Crippen LogP contribution in [0.4, 0.5) is 5.82 Å². The van der Waals surface area contributed by atoms with Crippen molar-refractivity contribution < 1.29 is 0 Å². The van der Waals surface area contributed by atoms with Crippen molar-refractivity contribution in [3.05, 3.63) is 16.8 Å². The van der Waals surface area contributed by atoms with E-state index in [1.807, 2.05) is 0 Å². The summed E-state index contributed by atoms with van der Waals surface area (Å²) in [5.74, 6) is 0.897. The monoisotopic (exact) mass is 292 g/mol. The molecule has 1 aliphatic heterocycles. The summed E-state index contributed by atoms with van der Waals surface area (Å²) >= 11 is 5.30. The Bertz CT molecular complexity index is 479. The van der Waals surface area contributed by atoms with Gasteiger partial charge in [-0.05, 0) is 31.2 Å². The highest BCUT2D eigenvalue weighted by atomic mass is 32.1. The number of aryl methyl sites for hydroxylation is 1. The summed E-state index contributed by atoms with van der Waals surface area (Å²) in [5.41, 5.74) is 9.15. The van der Waals surface area contributed by atoms with Crippen molar-refractivity contribution in [2.24, 2.45) is 5.73 Å². The van der Waals surface area contributed by atoms with E-state index in [0.717, 1.165) is 43.0 Å². The average Bonchev–Trinajstić information content (AvgIpc) is 2.74. The summed E-state index contributed by atoms with van der Waals surface area (Å²) < 4.78 is 0. The van der Waals surface area contributed by atoms with Gasteiger partial charge in [0, 0.05) is 13.1 Å². The van der Waals surface area contributed by atoms with Crippen molar-refractivity contribution >= 4 is 23.0 Å². The fraction of sp³-hybridized carbons (Fsp3) is 0.667. The Hall–Kier alpha value is -1.23. The first-order valence-corrected chi connectivity index (χ1v) is 8.03. The summed E-state index contributed by atoms with van der Waals surface area (Å²) in [7, 11) is 0. The predicted octanol–water partition coefficient (Wildman–Crippen LogP) is 2.62. The lowest BCUT2D eigenvalue weighted by Gasteiger charge is -2.25. The van der Waals surface area contributed by atoms with Crippen LogP contribution in [-0.2, 0) is 12.8 Å². The quantitative estimate of drug-likeness (QED) is 0.865. The smallest absolute Gasteiger partial charge is 0.161 e. The molecule has 1 aromatic rings. The first kappa shape index (κ1) is 15.2. The van der Waals surface area contributed by atoms with E-state index in [1.165, 1.54) is 31.2 Å². The highest BCUT2D eigenvalue weighted by Gasteiger charge is 2.21. The third-order valence-corrected chi connectivity index (χ3v) is 4.18. The second kappa shape index (κ2) is 6.97. The molecule has 5 heteroatoms. The molecule has 1 saturated heterocycles. The van der Waals surface area contributed by atoms with Crippen molar-refractivity contribution in [3.8, 4) is 0 Å². The molecule has 2 N–H and O–H groups in total. The fourth-order valence-corrected chi connectivity index (χ4v) is 3.14. The van der Waals surface area contributed by atoms with E-state index in [-0.39, 0.29) is 0 Å². The largest absolute Gasteiger partial charge is 0.389 e. The minimum Gasteiger partial charge on any atom is -0.389 e. The fourth-order valence-electron chi connectivity index (χ4n) is 2.93. The molecule has 0 bridgehead atoms. The second-order valence-corrected chi connectivity index (χ2v) is 5.74. The minimum atomic E-state index is 0.450. The number of nitrogens with zero attached hydrogens (tertiary/aromatic N) is 3. The van der Waals surface area contributed by atoms with Crippen molar-refractivity contribution in [1.29, 1.82) is 0 Å². The Morgan fingerprint density at radius 2 is 1.75 bits per heavy atom. The lowest BCUT2D eigenvalue weighted by molar-refractivity contribution is 0.726. The summed E-state index contributed by atoms with van der Waals surface area (Å²) in [6.45, 7) is 6.28. The maximum absolute atomic E-state index is 6.00. The van der Waals surface area contributed by atoms with Crippen LogP contribution >= 0.6 is 12.2 Å². The van der Waals surface area contributed by atoms with Gasteiger partial charge in [0.25, 0.3) is 0 Å². The molecular formula is C15H24N4S. The number of aromatic nitrogens is 2. The normalized spacial score (nSPS) is 16.0. The molecule has 0 amide bonds. The zero-order valence-corrected chi connectivity index (χ0v) is 13.3. The Balaban J connectivity index is 2.48. The molecule has 2 rings (SSSR count). The van der Waals surface area contributed by atoms with Crippen LogP contribution in [0, 0.1) is 0 Å². The summed E-state index contributed by atoms with van der Waals surface area (Å²) in [5, 5.41) is 8.86. The Labute approximate surface area is 126 Å². The maximum Gasteiger partial charge on any atom is 0.161 e. The molecule has 0 saturated carbocycles. The van der Waals surface area contributed by atoms with Crippen molar-refractivity contribution in [3.63, 3.8) is 0 Å². The SMILES string of the molecule is CCc1nnc(N2CCCCCC2)c(C(N)=S)c1CC. The minimum absolute atomic E-state index is 0.450. The van der Waals surface area contributed by atoms with Crippen LogP contribution < -0.4 is 10.6 Å². The van der Waals surface area contributed by atoms with Crippen molar-refractivity contribution in [2.45, 2.75) is 52.4 Å². The highest BCUT2D eigenvalue weighted by molar-refractivity contribution is 7.80. The first-order chi connectivity index (χ1) is 9.69. The van der Waals surface area contributed by atoms with Crippen molar-refractivity contribution in [1.82, 2.24) is 10.2 Å². The van der Waals surface area contributed by atoms with Gasteiger partial charge in [-0.2, -0.15) is 5.10 Å². The van der Waals surface area contributed by atoms with Gasteiger partial charge in [0.05, 0.1) is 11.3 Å². The number of rotatable bonds is 4. The predicted molar refractivity (Wildman–Crippen MR) is 87.4 cm³/mol. The van der Waals surface area contributed by atoms with Crippen LogP contribution in [0.15, 0.2) is 0 Å². The van der Waals surface area contributed by atoms with Gasteiger partial charge in [-0.25, -0.2) is 0 Å². The zero-order valence-electron chi connectivity index (χ0n) is 12.5. The van der Waals surface area contributed by atoms with Gasteiger partial charge in [0.15, 0.2) is 5.82 Å². The topological polar surface area (TPSA) is 55.0 Å². The van der Waals surface area contributed by atoms with Crippen LogP contribution in [0.2, 0.25) is 0 Å². The lowest BCUT2D eigenvalue weighted by atomic mass is 10.0. The Morgan fingerprint density at radius 3 is 2.25 bits per heavy atom. The molecule has 0 spiro atoms. The number of anilines is 1. The van der Waals surface area contributed by atoms with Crippen LogP contribution in [0.1, 0.15) is 56.4 Å². The third-order valence-electron chi connectivity index (χ3n) is 3.98. The molecule has 1 aliphatic rings. The number of hydrogen-bond donors (Lipinski definition) is 1. The van der Waals surface area contributed by atoms with E-state index in [9.17, 15) is 0 Å². The number of thiocarbonyl (C=S) groups is 1. The van der Waals surface area contributed by atoms with E-state index in [4.69, 9.17) is 18.0 Å². The third kappa shape index (κ3) is 3.08. The van der Waals surface area contributed by atoms with Crippen LogP contribution in [0.25, 0.3) is 0 Å². The van der Waals surface area contributed by atoms with Gasteiger partial charge in [0.1, 0.15) is 4.99 Å². The van der Waals surface area contributed by atoms with Crippen LogP contribution in [-0.4, -0.2) is 28.3 Å². The highest BCUT2D eigenvalue weighted by Crippen LogP contribution is 2.26. The van der Waals surface area contributed by atoms with Gasteiger partial charge in [-0.3, -0.25) is 0 Å². The molecule has 4 nitrogen and oxygen atoms in total. The van der Waals surface area contributed by atoms with Gasteiger partial charge in [0.2, 0.25) is 0 Å². The van der Waals surface area contributed by atoms with E-state index in [0.29, 0.717) is 4.99 Å². The molecule has 0 radical (unpaired) electrons. The lowest BCUT2D eigenvalue weighted by Crippen LogP contribution is -2.30. The second-order valence-electron chi connectivity index (χ2n) is 5.30. The summed E-state index contributed by atoms with van der Waals surface area (Å²) in [4.78, 5) is 2.76. The molecule has 2 heterocycles. The first-order valence-electron chi connectivity index (χ1n) is 7.62. The molecule has 0 aromatic carbocycles. The summed E-state index contributed by atoms with van der Waals surface area (Å²) in [6, 6.07) is 0. The van der Waals surface area contributed by atoms with E-state index < -0.39 is 0 Å². The number of nitrogens with two attached hydrogens (primary N) is 1. The van der Waals surface area contributed by atoms with Crippen LogP contribution in [0.5, 0.6) is 0 Å². The molecular weight excluding hydrogens is 268 g/mol. The molecule has 1 fully saturated rings. The molecule has 0 unspecified atom stereocenters. The molecule has 1 aromatic heterocycles. The van der Waals surface area contributed by atoms with Gasteiger partial charge < -0.3 is 10.6 Å². The zero-order chi connectivity index (χ0) is 14.5. The molecule has 20 heavy (non-hydrogen) atoms. The molecule has 0 atom stereocenters. The van der Waals surface area contributed by atoms with Crippen molar-refractivity contribution in [2.75, 3.05) is 18.0 Å².